The molecule has 0 bridgehead atoms. The first kappa shape index (κ1) is 19.0. The van der Waals surface area contributed by atoms with E-state index in [0.717, 1.165) is 28.1 Å². The molecule has 0 saturated heterocycles. The third kappa shape index (κ3) is 4.83. The van der Waals surface area contributed by atoms with Crippen molar-refractivity contribution in [3.05, 3.63) is 58.1 Å². The summed E-state index contributed by atoms with van der Waals surface area (Å²) in [5, 5.41) is 3.51. The van der Waals surface area contributed by atoms with Crippen LogP contribution >= 0.6 is 11.6 Å². The second kappa shape index (κ2) is 8.17. The molecule has 0 aliphatic carbocycles. The summed E-state index contributed by atoms with van der Waals surface area (Å²) in [6.07, 6.45) is 0.207. The van der Waals surface area contributed by atoms with Gasteiger partial charge in [0.05, 0.1) is 0 Å². The van der Waals surface area contributed by atoms with Crippen LogP contribution in [0.4, 0.5) is 11.4 Å². The van der Waals surface area contributed by atoms with Crippen LogP contribution in [0.3, 0.4) is 0 Å². The van der Waals surface area contributed by atoms with E-state index in [4.69, 9.17) is 11.6 Å². The lowest BCUT2D eigenvalue weighted by Crippen LogP contribution is -2.32. The second-order valence-electron chi connectivity index (χ2n) is 6.17. The maximum absolute atomic E-state index is 12.3. The quantitative estimate of drug-likeness (QED) is 0.845. The molecular formula is C20H23ClN2O2. The first-order chi connectivity index (χ1) is 11.8. The summed E-state index contributed by atoms with van der Waals surface area (Å²) in [4.78, 5) is 25.9. The van der Waals surface area contributed by atoms with Gasteiger partial charge in [0, 0.05) is 36.3 Å². The molecule has 0 aliphatic rings. The average Bonchev–Trinajstić information content (AvgIpc) is 2.54. The summed E-state index contributed by atoms with van der Waals surface area (Å²) in [7, 11) is 0. The molecular weight excluding hydrogens is 336 g/mol. The van der Waals surface area contributed by atoms with Crippen LogP contribution in [0.25, 0.3) is 0 Å². The topological polar surface area (TPSA) is 49.4 Å². The molecule has 2 rings (SSSR count). The lowest BCUT2D eigenvalue weighted by atomic mass is 10.1. The summed E-state index contributed by atoms with van der Waals surface area (Å²) >= 11 is 6.15. The Balaban J connectivity index is 2.07. The van der Waals surface area contributed by atoms with Gasteiger partial charge in [0.1, 0.15) is 0 Å². The molecule has 0 fully saturated rings. The highest BCUT2D eigenvalue weighted by Crippen LogP contribution is 2.27. The SMILES string of the molecule is CC(=O)N(CCC(=O)Nc1ccc(C)cc1C)c1cccc(Cl)c1C. The Labute approximate surface area is 153 Å². The zero-order valence-corrected chi connectivity index (χ0v) is 15.8. The summed E-state index contributed by atoms with van der Waals surface area (Å²) in [5.41, 5.74) is 4.52. The second-order valence-corrected chi connectivity index (χ2v) is 6.58. The van der Waals surface area contributed by atoms with Crippen molar-refractivity contribution in [2.24, 2.45) is 0 Å². The number of nitrogens with zero attached hydrogens (tertiary/aromatic N) is 1. The number of carbonyl (C=O) groups is 2. The van der Waals surface area contributed by atoms with Crippen molar-refractivity contribution in [1.82, 2.24) is 0 Å². The van der Waals surface area contributed by atoms with Gasteiger partial charge in [-0.15, -0.1) is 0 Å². The monoisotopic (exact) mass is 358 g/mol. The van der Waals surface area contributed by atoms with E-state index in [1.165, 1.54) is 6.92 Å². The maximum Gasteiger partial charge on any atom is 0.226 e. The Morgan fingerprint density at radius 2 is 1.84 bits per heavy atom. The van der Waals surface area contributed by atoms with Gasteiger partial charge in [-0.2, -0.15) is 0 Å². The number of amides is 2. The fourth-order valence-corrected chi connectivity index (χ4v) is 2.89. The van der Waals surface area contributed by atoms with E-state index in [9.17, 15) is 9.59 Å². The van der Waals surface area contributed by atoms with Gasteiger partial charge < -0.3 is 10.2 Å². The number of anilines is 2. The summed E-state index contributed by atoms with van der Waals surface area (Å²) in [5.74, 6) is -0.248. The van der Waals surface area contributed by atoms with E-state index in [1.54, 1.807) is 17.0 Å². The zero-order valence-electron chi connectivity index (χ0n) is 15.0. The molecule has 0 spiro atoms. The maximum atomic E-state index is 12.3. The molecule has 132 valence electrons. The van der Waals surface area contributed by atoms with Crippen molar-refractivity contribution in [2.75, 3.05) is 16.8 Å². The van der Waals surface area contributed by atoms with Gasteiger partial charge in [-0.05, 0) is 50.1 Å². The fourth-order valence-electron chi connectivity index (χ4n) is 2.72. The Kier molecular flexibility index (Phi) is 6.21. The largest absolute Gasteiger partial charge is 0.326 e. The Hall–Kier alpha value is -2.33. The predicted molar refractivity (Wildman–Crippen MR) is 103 cm³/mol. The Bertz CT molecular complexity index is 802. The van der Waals surface area contributed by atoms with Crippen LogP contribution in [0.5, 0.6) is 0 Å². The number of halogens is 1. The zero-order chi connectivity index (χ0) is 18.6. The van der Waals surface area contributed by atoms with E-state index >= 15 is 0 Å². The standard InChI is InChI=1S/C20H23ClN2O2/c1-13-8-9-18(14(2)12-13)22-20(25)10-11-23(16(4)24)19-7-5-6-17(21)15(19)3/h5-9,12H,10-11H2,1-4H3,(H,22,25). The highest BCUT2D eigenvalue weighted by Gasteiger charge is 2.16. The molecule has 2 aromatic carbocycles. The first-order valence-corrected chi connectivity index (χ1v) is 8.57. The summed E-state index contributed by atoms with van der Waals surface area (Å²) in [6.45, 7) is 7.62. The van der Waals surface area contributed by atoms with Crippen molar-refractivity contribution in [2.45, 2.75) is 34.1 Å². The highest BCUT2D eigenvalue weighted by atomic mass is 35.5. The minimum Gasteiger partial charge on any atom is -0.326 e. The Morgan fingerprint density at radius 3 is 2.48 bits per heavy atom. The summed E-state index contributed by atoms with van der Waals surface area (Å²) in [6, 6.07) is 11.3. The van der Waals surface area contributed by atoms with E-state index in [1.807, 2.05) is 45.0 Å². The summed E-state index contributed by atoms with van der Waals surface area (Å²) < 4.78 is 0. The van der Waals surface area contributed by atoms with Gasteiger partial charge in [-0.1, -0.05) is 35.4 Å². The van der Waals surface area contributed by atoms with Crippen molar-refractivity contribution < 1.29 is 9.59 Å². The number of nitrogens with one attached hydrogen (secondary N) is 1. The minimum atomic E-state index is -0.127. The van der Waals surface area contributed by atoms with Gasteiger partial charge in [-0.25, -0.2) is 0 Å². The molecule has 0 aromatic heterocycles. The molecule has 2 aromatic rings. The number of carbonyl (C=O) groups excluding carboxylic acids is 2. The number of benzene rings is 2. The molecule has 25 heavy (non-hydrogen) atoms. The molecule has 0 radical (unpaired) electrons. The van der Waals surface area contributed by atoms with Gasteiger partial charge in [-0.3, -0.25) is 9.59 Å². The predicted octanol–water partition coefficient (Wildman–Crippen LogP) is 4.65. The van der Waals surface area contributed by atoms with Crippen LogP contribution in [0.2, 0.25) is 5.02 Å². The van der Waals surface area contributed by atoms with E-state index in [2.05, 4.69) is 5.32 Å². The van der Waals surface area contributed by atoms with E-state index in [0.29, 0.717) is 11.6 Å². The van der Waals surface area contributed by atoms with Crippen molar-refractivity contribution in [1.29, 1.82) is 0 Å². The molecule has 0 unspecified atom stereocenters. The number of hydrogen-bond acceptors (Lipinski definition) is 2. The van der Waals surface area contributed by atoms with Crippen LogP contribution in [0.15, 0.2) is 36.4 Å². The van der Waals surface area contributed by atoms with Crippen LogP contribution in [0, 0.1) is 20.8 Å². The van der Waals surface area contributed by atoms with Crippen LogP contribution in [-0.4, -0.2) is 18.4 Å². The van der Waals surface area contributed by atoms with Gasteiger partial charge >= 0.3 is 0 Å². The molecule has 0 heterocycles. The average molecular weight is 359 g/mol. The normalized spacial score (nSPS) is 10.4. The lowest BCUT2D eigenvalue weighted by Gasteiger charge is -2.23. The van der Waals surface area contributed by atoms with Crippen molar-refractivity contribution in [3.8, 4) is 0 Å². The molecule has 0 aliphatic heterocycles. The van der Waals surface area contributed by atoms with Crippen LogP contribution < -0.4 is 10.2 Å². The van der Waals surface area contributed by atoms with Crippen LogP contribution in [0.1, 0.15) is 30.0 Å². The third-order valence-corrected chi connectivity index (χ3v) is 4.54. The lowest BCUT2D eigenvalue weighted by molar-refractivity contribution is -0.117. The molecule has 0 saturated carbocycles. The molecule has 2 amide bonds. The number of aryl methyl sites for hydroxylation is 2. The Morgan fingerprint density at radius 1 is 1.12 bits per heavy atom. The minimum absolute atomic E-state index is 0.121. The fraction of sp³-hybridized carbons (Fsp3) is 0.300. The third-order valence-electron chi connectivity index (χ3n) is 4.13. The van der Waals surface area contributed by atoms with Gasteiger partial charge in [0.2, 0.25) is 11.8 Å². The van der Waals surface area contributed by atoms with Gasteiger partial charge in [0.15, 0.2) is 0 Å². The van der Waals surface area contributed by atoms with Crippen molar-refractivity contribution in [3.63, 3.8) is 0 Å². The van der Waals surface area contributed by atoms with Crippen molar-refractivity contribution >= 4 is 34.8 Å². The molecule has 5 heteroatoms. The number of rotatable bonds is 5. The highest BCUT2D eigenvalue weighted by molar-refractivity contribution is 6.31. The smallest absolute Gasteiger partial charge is 0.226 e. The van der Waals surface area contributed by atoms with Gasteiger partial charge in [0.25, 0.3) is 0 Å². The number of hydrogen-bond donors (Lipinski definition) is 1. The molecule has 0 atom stereocenters. The molecule has 1 N–H and O–H groups in total. The molecule has 4 nitrogen and oxygen atoms in total. The first-order valence-electron chi connectivity index (χ1n) is 8.20. The van der Waals surface area contributed by atoms with E-state index in [-0.39, 0.29) is 18.2 Å². The van der Waals surface area contributed by atoms with E-state index < -0.39 is 0 Å². The van der Waals surface area contributed by atoms with Crippen LogP contribution in [-0.2, 0) is 9.59 Å².